The van der Waals surface area contributed by atoms with Crippen LogP contribution < -0.4 is 11.1 Å². The van der Waals surface area contributed by atoms with Gasteiger partial charge in [-0.25, -0.2) is 0 Å². The van der Waals surface area contributed by atoms with Crippen molar-refractivity contribution < 1.29 is 29.3 Å². The third kappa shape index (κ3) is 3.27. The molecule has 0 radical (unpaired) electrons. The Morgan fingerprint density at radius 3 is 2.44 bits per heavy atom. The smallest absolute Gasteiger partial charge is 0.326 e. The number of hydrogen-bond donors (Lipinski definition) is 4. The van der Waals surface area contributed by atoms with E-state index in [2.05, 4.69) is 5.32 Å². The Hall–Kier alpha value is -1.87. The highest BCUT2D eigenvalue weighted by atomic mass is 35.5. The van der Waals surface area contributed by atoms with Crippen molar-refractivity contribution in [2.45, 2.75) is 31.2 Å². The summed E-state index contributed by atoms with van der Waals surface area (Å²) in [5.74, 6) is -5.30. The van der Waals surface area contributed by atoms with Crippen molar-refractivity contribution in [2.24, 2.45) is 23.5 Å². The van der Waals surface area contributed by atoms with E-state index >= 15 is 0 Å². The van der Waals surface area contributed by atoms with E-state index < -0.39 is 53.3 Å². The van der Waals surface area contributed by atoms with Crippen LogP contribution in [0.5, 0.6) is 0 Å². The van der Waals surface area contributed by atoms with Crippen molar-refractivity contribution in [3.63, 3.8) is 0 Å². The molecule has 2 saturated carbocycles. The maximum atomic E-state index is 11.9. The second-order valence-electron chi connectivity index (χ2n) is 6.91. The summed E-state index contributed by atoms with van der Waals surface area (Å²) >= 11 is 11.8. The third-order valence-corrected chi connectivity index (χ3v) is 6.02. The highest BCUT2D eigenvalue weighted by Crippen LogP contribution is 2.62. The molecule has 5 N–H and O–H groups in total. The number of fused-ring (bicyclic) bond motifs is 1. The molecule has 0 aliphatic heterocycles. The van der Waals surface area contributed by atoms with Crippen molar-refractivity contribution in [1.82, 2.24) is 5.32 Å². The molecule has 0 heterocycles. The summed E-state index contributed by atoms with van der Waals surface area (Å²) < 4.78 is 5.79. The Morgan fingerprint density at radius 2 is 1.93 bits per heavy atom. The minimum absolute atomic E-state index is 0.0267. The van der Waals surface area contributed by atoms with Gasteiger partial charge in [0.1, 0.15) is 11.6 Å². The topological polar surface area (TPSA) is 139 Å². The summed E-state index contributed by atoms with van der Waals surface area (Å²) in [6.45, 7) is 1.24. The third-order valence-electron chi connectivity index (χ3n) is 5.28. The predicted octanol–water partition coefficient (Wildman–Crippen LogP) is 1.13. The first-order valence-corrected chi connectivity index (χ1v) is 8.92. The van der Waals surface area contributed by atoms with Crippen LogP contribution in [-0.2, 0) is 25.7 Å². The lowest BCUT2D eigenvalue weighted by Gasteiger charge is -2.34. The second-order valence-corrected chi connectivity index (χ2v) is 7.73. The monoisotopic (exact) mass is 416 g/mol. The summed E-state index contributed by atoms with van der Waals surface area (Å²) in [6.07, 6.45) is -1.10. The lowest BCUT2D eigenvalue weighted by Crippen LogP contribution is -2.63. The van der Waals surface area contributed by atoms with Gasteiger partial charge in [-0.2, -0.15) is 0 Å². The molecular formula is C17H18Cl2N2O6. The quantitative estimate of drug-likeness (QED) is 0.544. The van der Waals surface area contributed by atoms with Gasteiger partial charge >= 0.3 is 11.9 Å². The fourth-order valence-corrected chi connectivity index (χ4v) is 4.45. The number of hydrogen-bond acceptors (Lipinski definition) is 5. The number of amides is 1. The maximum Gasteiger partial charge on any atom is 0.326 e. The molecule has 10 heteroatoms. The van der Waals surface area contributed by atoms with Gasteiger partial charge in [0.25, 0.3) is 0 Å². The lowest BCUT2D eigenvalue weighted by molar-refractivity contribution is -0.154. The van der Waals surface area contributed by atoms with Gasteiger partial charge in [-0.1, -0.05) is 29.3 Å². The van der Waals surface area contributed by atoms with Crippen LogP contribution in [0.3, 0.4) is 0 Å². The van der Waals surface area contributed by atoms with E-state index in [0.717, 1.165) is 0 Å². The van der Waals surface area contributed by atoms with Crippen molar-refractivity contribution in [3.8, 4) is 0 Å². The Balaban J connectivity index is 1.88. The van der Waals surface area contributed by atoms with E-state index in [1.807, 2.05) is 0 Å². The fraction of sp³-hybridized carbons (Fsp3) is 0.471. The van der Waals surface area contributed by atoms with E-state index in [0.29, 0.717) is 15.6 Å². The highest BCUT2D eigenvalue weighted by Gasteiger charge is 2.78. The second kappa shape index (κ2) is 6.94. The van der Waals surface area contributed by atoms with Crippen molar-refractivity contribution >= 4 is 41.0 Å². The molecule has 2 aliphatic rings. The molecule has 3 rings (SSSR count). The van der Waals surface area contributed by atoms with Crippen LogP contribution in [0.15, 0.2) is 18.2 Å². The molecule has 146 valence electrons. The number of nitrogens with one attached hydrogen (secondary N) is 1. The first-order chi connectivity index (χ1) is 12.6. The van der Waals surface area contributed by atoms with Crippen molar-refractivity contribution in [1.29, 1.82) is 0 Å². The molecule has 1 aromatic carbocycles. The van der Waals surface area contributed by atoms with Gasteiger partial charge in [0.15, 0.2) is 0 Å². The first-order valence-electron chi connectivity index (χ1n) is 8.16. The standard InChI is InChI=1S/C17H18Cl2N2O6/c1-6(22)21-13-10-11(15(23)24)12(10)17(20,16(25)26)14(13)27-5-7-2-3-8(18)9(19)4-7/h2-4,10-14H,5,20H2,1H3,(H,21,22)(H,23,24)(H,25,26). The van der Waals surface area contributed by atoms with Gasteiger partial charge in [-0.3, -0.25) is 14.4 Å². The Morgan fingerprint density at radius 1 is 1.26 bits per heavy atom. The number of carbonyl (C=O) groups excluding carboxylic acids is 1. The van der Waals surface area contributed by atoms with Crippen molar-refractivity contribution in [3.05, 3.63) is 33.8 Å². The molecule has 6 unspecified atom stereocenters. The molecule has 0 bridgehead atoms. The van der Waals surface area contributed by atoms with Gasteiger partial charge in [-0.15, -0.1) is 0 Å². The summed E-state index contributed by atoms with van der Waals surface area (Å²) in [5.41, 5.74) is 4.86. The Bertz CT molecular complexity index is 819. The van der Waals surface area contributed by atoms with Crippen LogP contribution in [-0.4, -0.2) is 45.7 Å². The summed E-state index contributed by atoms with van der Waals surface area (Å²) in [4.78, 5) is 35.0. The van der Waals surface area contributed by atoms with Crippen molar-refractivity contribution in [2.75, 3.05) is 0 Å². The number of nitrogens with two attached hydrogens (primary N) is 1. The van der Waals surface area contributed by atoms with E-state index in [1.165, 1.54) is 6.92 Å². The molecular weight excluding hydrogens is 399 g/mol. The van der Waals surface area contributed by atoms with Gasteiger partial charge in [0.05, 0.1) is 28.6 Å². The van der Waals surface area contributed by atoms with Gasteiger partial charge < -0.3 is 26.0 Å². The van der Waals surface area contributed by atoms with Crippen LogP contribution in [0, 0.1) is 17.8 Å². The number of carboxylic acid groups (broad SMARTS) is 2. The SMILES string of the molecule is CC(=O)NC1C2C(C(=O)O)C2C(N)(C(=O)O)C1OCc1ccc(Cl)c(Cl)c1. The minimum Gasteiger partial charge on any atom is -0.481 e. The van der Waals surface area contributed by atoms with E-state index in [9.17, 15) is 24.6 Å². The van der Waals surface area contributed by atoms with Crippen LogP contribution in [0.1, 0.15) is 12.5 Å². The lowest BCUT2D eigenvalue weighted by atomic mass is 9.87. The van der Waals surface area contributed by atoms with Gasteiger partial charge in [0.2, 0.25) is 5.91 Å². The number of aliphatic carboxylic acids is 2. The largest absolute Gasteiger partial charge is 0.481 e. The Labute approximate surface area is 164 Å². The molecule has 2 aliphatic carbocycles. The predicted molar refractivity (Wildman–Crippen MR) is 95.3 cm³/mol. The van der Waals surface area contributed by atoms with Gasteiger partial charge in [0, 0.05) is 18.8 Å². The van der Waals surface area contributed by atoms with Crippen LogP contribution in [0.2, 0.25) is 10.0 Å². The van der Waals surface area contributed by atoms with E-state index in [4.69, 9.17) is 33.7 Å². The average Bonchev–Trinajstić information content (AvgIpc) is 3.27. The van der Waals surface area contributed by atoms with E-state index in [1.54, 1.807) is 18.2 Å². The molecule has 27 heavy (non-hydrogen) atoms. The summed E-state index contributed by atoms with van der Waals surface area (Å²) in [7, 11) is 0. The molecule has 8 nitrogen and oxygen atoms in total. The Kier molecular flexibility index (Phi) is 5.11. The number of benzene rings is 1. The summed E-state index contributed by atoms with van der Waals surface area (Å²) in [5, 5.41) is 22.4. The highest BCUT2D eigenvalue weighted by molar-refractivity contribution is 6.42. The molecule has 2 fully saturated rings. The molecule has 0 aromatic heterocycles. The van der Waals surface area contributed by atoms with E-state index in [-0.39, 0.29) is 6.61 Å². The molecule has 0 saturated heterocycles. The fourth-order valence-electron chi connectivity index (χ4n) is 4.13. The number of halogens is 2. The number of ether oxygens (including phenoxy) is 1. The van der Waals surface area contributed by atoms with Crippen LogP contribution >= 0.6 is 23.2 Å². The molecule has 0 spiro atoms. The average molecular weight is 417 g/mol. The number of carbonyl (C=O) groups is 3. The molecule has 1 aromatic rings. The molecule has 6 atom stereocenters. The summed E-state index contributed by atoms with van der Waals surface area (Å²) in [6, 6.07) is 3.99. The zero-order valence-corrected chi connectivity index (χ0v) is 15.7. The zero-order chi connectivity index (χ0) is 20.1. The zero-order valence-electron chi connectivity index (χ0n) is 14.2. The molecule has 1 amide bonds. The van der Waals surface area contributed by atoms with Crippen LogP contribution in [0.4, 0.5) is 0 Å². The number of carboxylic acids is 2. The van der Waals surface area contributed by atoms with Crippen LogP contribution in [0.25, 0.3) is 0 Å². The van der Waals surface area contributed by atoms with Gasteiger partial charge in [-0.05, 0) is 17.7 Å². The minimum atomic E-state index is -1.93. The normalized spacial score (nSPS) is 34.0. The first kappa shape index (κ1) is 19.9. The maximum absolute atomic E-state index is 11.9. The number of rotatable bonds is 6.